The Morgan fingerprint density at radius 3 is 1.41 bits per heavy atom. The predicted molar refractivity (Wildman–Crippen MR) is 91.7 cm³/mol. The maximum Gasteiger partial charge on any atom is 0.0521 e. The molecule has 2 nitrogen and oxygen atoms in total. The van der Waals surface area contributed by atoms with Crippen molar-refractivity contribution in [2.24, 2.45) is 0 Å². The van der Waals surface area contributed by atoms with E-state index in [1.807, 2.05) is 11.8 Å². The molecule has 0 fully saturated rings. The van der Waals surface area contributed by atoms with Gasteiger partial charge in [-0.1, -0.05) is 0 Å². The van der Waals surface area contributed by atoms with Gasteiger partial charge in [0.2, 0.25) is 0 Å². The normalized spacial score (nSPS) is 14.8. The Balaban J connectivity index is 3.29. The lowest BCUT2D eigenvalue weighted by molar-refractivity contribution is 0.322. The molecule has 2 atom stereocenters. The van der Waals surface area contributed by atoms with E-state index < -0.39 is 0 Å². The van der Waals surface area contributed by atoms with Crippen LogP contribution in [0.1, 0.15) is 0 Å². The Morgan fingerprint density at radius 1 is 0.706 bits per heavy atom. The summed E-state index contributed by atoms with van der Waals surface area (Å²) in [5.41, 5.74) is 0. The van der Waals surface area contributed by atoms with E-state index in [4.69, 9.17) is 10.2 Å². The highest BCUT2D eigenvalue weighted by Crippen LogP contribution is 2.17. The van der Waals surface area contributed by atoms with Crippen LogP contribution in [0.4, 0.5) is 0 Å². The quantitative estimate of drug-likeness (QED) is 0.323. The molecule has 7 heteroatoms. The van der Waals surface area contributed by atoms with Crippen molar-refractivity contribution in [3.05, 3.63) is 0 Å². The second kappa shape index (κ2) is 14.1. The molecule has 0 saturated heterocycles. The zero-order valence-corrected chi connectivity index (χ0v) is 14.1. The van der Waals surface area contributed by atoms with Gasteiger partial charge in [0.05, 0.1) is 13.2 Å². The van der Waals surface area contributed by atoms with Crippen LogP contribution in [0, 0.1) is 0 Å². The monoisotopic (exact) mass is 334 g/mol. The van der Waals surface area contributed by atoms with E-state index in [0.29, 0.717) is 10.5 Å². The Kier molecular flexibility index (Phi) is 15.5. The number of thioether (sulfide) groups is 3. The topological polar surface area (TPSA) is 40.5 Å². The third kappa shape index (κ3) is 13.9. The molecular weight excluding hydrogens is 312 g/mol. The van der Waals surface area contributed by atoms with Gasteiger partial charge in [-0.2, -0.15) is 60.5 Å². The first-order valence-corrected chi connectivity index (χ1v) is 10.0. The van der Waals surface area contributed by atoms with Crippen LogP contribution < -0.4 is 0 Å². The van der Waals surface area contributed by atoms with E-state index >= 15 is 0 Å². The van der Waals surface area contributed by atoms with Crippen LogP contribution in [0.5, 0.6) is 0 Å². The zero-order valence-electron chi connectivity index (χ0n) is 9.83. The summed E-state index contributed by atoms with van der Waals surface area (Å²) in [4.78, 5) is 0. The summed E-state index contributed by atoms with van der Waals surface area (Å²) in [6.45, 7) is 0.498. The standard InChI is InChI=1S/C10H22O2S5/c11-1-3-15-5-9(13)7-17-8-10(14)6-16-4-2-12/h9-14H,1-8H2. The van der Waals surface area contributed by atoms with Crippen LogP contribution in [-0.4, -0.2) is 68.4 Å². The summed E-state index contributed by atoms with van der Waals surface area (Å²) in [6, 6.07) is 0. The Labute approximate surface area is 128 Å². The Bertz CT molecular complexity index is 146. The van der Waals surface area contributed by atoms with Crippen molar-refractivity contribution >= 4 is 60.5 Å². The smallest absolute Gasteiger partial charge is 0.0521 e. The number of thiol groups is 2. The number of hydrogen-bond acceptors (Lipinski definition) is 7. The van der Waals surface area contributed by atoms with Gasteiger partial charge in [0, 0.05) is 45.0 Å². The molecule has 0 aromatic heterocycles. The van der Waals surface area contributed by atoms with Crippen molar-refractivity contribution in [1.82, 2.24) is 0 Å². The van der Waals surface area contributed by atoms with Crippen LogP contribution in [0.3, 0.4) is 0 Å². The maximum atomic E-state index is 8.65. The molecule has 104 valence electrons. The van der Waals surface area contributed by atoms with Gasteiger partial charge in [0.1, 0.15) is 0 Å². The average molecular weight is 335 g/mol. The first-order chi connectivity index (χ1) is 8.20. The summed E-state index contributed by atoms with van der Waals surface area (Å²) >= 11 is 14.4. The van der Waals surface area contributed by atoms with E-state index in [-0.39, 0.29) is 13.2 Å². The number of rotatable bonds is 12. The Morgan fingerprint density at radius 2 is 1.06 bits per heavy atom. The molecule has 0 aliphatic heterocycles. The molecule has 0 saturated carbocycles. The molecule has 0 spiro atoms. The largest absolute Gasteiger partial charge is 0.396 e. The third-order valence-electron chi connectivity index (χ3n) is 1.71. The average Bonchev–Trinajstić information content (AvgIpc) is 2.30. The van der Waals surface area contributed by atoms with Crippen molar-refractivity contribution in [2.75, 3.05) is 47.7 Å². The fourth-order valence-corrected chi connectivity index (χ4v) is 4.85. The second-order valence-corrected chi connectivity index (χ2v) is 8.28. The molecule has 0 heterocycles. The third-order valence-corrected chi connectivity index (χ3v) is 6.93. The molecule has 17 heavy (non-hydrogen) atoms. The van der Waals surface area contributed by atoms with E-state index in [1.165, 1.54) is 0 Å². The summed E-state index contributed by atoms with van der Waals surface area (Å²) in [7, 11) is 0. The summed E-state index contributed by atoms with van der Waals surface area (Å²) < 4.78 is 0. The summed E-state index contributed by atoms with van der Waals surface area (Å²) in [6.07, 6.45) is 0. The molecule has 0 bridgehead atoms. The SMILES string of the molecule is OCCSCC(S)CSCC(S)CSCCO. The van der Waals surface area contributed by atoms with Crippen molar-refractivity contribution in [2.45, 2.75) is 10.5 Å². The molecule has 0 amide bonds. The van der Waals surface area contributed by atoms with Gasteiger partial charge in [-0.25, -0.2) is 0 Å². The highest BCUT2D eigenvalue weighted by molar-refractivity contribution is 8.02. The van der Waals surface area contributed by atoms with Crippen molar-refractivity contribution < 1.29 is 10.2 Å². The van der Waals surface area contributed by atoms with Crippen molar-refractivity contribution in [3.8, 4) is 0 Å². The van der Waals surface area contributed by atoms with Gasteiger partial charge in [0.15, 0.2) is 0 Å². The maximum absolute atomic E-state index is 8.65. The minimum Gasteiger partial charge on any atom is -0.396 e. The first-order valence-electron chi connectivity index (χ1n) is 5.51. The lowest BCUT2D eigenvalue weighted by Crippen LogP contribution is -2.12. The molecule has 2 unspecified atom stereocenters. The fraction of sp³-hybridized carbons (Fsp3) is 1.00. The van der Waals surface area contributed by atoms with Crippen LogP contribution in [-0.2, 0) is 0 Å². The van der Waals surface area contributed by atoms with Gasteiger partial charge in [-0.15, -0.1) is 0 Å². The number of aliphatic hydroxyl groups is 2. The molecule has 0 aliphatic carbocycles. The van der Waals surface area contributed by atoms with Crippen LogP contribution in [0.2, 0.25) is 0 Å². The molecule has 0 aromatic rings. The van der Waals surface area contributed by atoms with Crippen molar-refractivity contribution in [1.29, 1.82) is 0 Å². The molecule has 0 aliphatic rings. The van der Waals surface area contributed by atoms with Crippen LogP contribution in [0.25, 0.3) is 0 Å². The van der Waals surface area contributed by atoms with Gasteiger partial charge < -0.3 is 10.2 Å². The van der Waals surface area contributed by atoms with Crippen molar-refractivity contribution in [3.63, 3.8) is 0 Å². The Hall–Kier alpha value is 1.67. The predicted octanol–water partition coefficient (Wildman–Crippen LogP) is 1.77. The highest BCUT2D eigenvalue weighted by Gasteiger charge is 2.07. The highest BCUT2D eigenvalue weighted by atomic mass is 32.2. The lowest BCUT2D eigenvalue weighted by atomic mass is 10.5. The lowest BCUT2D eigenvalue weighted by Gasteiger charge is -2.12. The van der Waals surface area contributed by atoms with E-state index in [9.17, 15) is 0 Å². The van der Waals surface area contributed by atoms with Gasteiger partial charge in [0.25, 0.3) is 0 Å². The van der Waals surface area contributed by atoms with Gasteiger partial charge in [-0.05, 0) is 0 Å². The van der Waals surface area contributed by atoms with E-state index in [0.717, 1.165) is 34.5 Å². The first kappa shape index (κ1) is 18.7. The second-order valence-electron chi connectivity index (χ2n) is 3.44. The van der Waals surface area contributed by atoms with E-state index in [2.05, 4.69) is 25.3 Å². The fourth-order valence-electron chi connectivity index (χ4n) is 1.00. The minimum atomic E-state index is 0.249. The van der Waals surface area contributed by atoms with Crippen LogP contribution >= 0.6 is 60.5 Å². The summed E-state index contributed by atoms with van der Waals surface area (Å²) in [5, 5.41) is 18.1. The van der Waals surface area contributed by atoms with Gasteiger partial charge >= 0.3 is 0 Å². The van der Waals surface area contributed by atoms with Crippen LogP contribution in [0.15, 0.2) is 0 Å². The molecule has 2 N–H and O–H groups in total. The summed E-state index contributed by atoms with van der Waals surface area (Å²) in [5.74, 6) is 5.65. The number of hydrogen-bond donors (Lipinski definition) is 4. The zero-order chi connectivity index (χ0) is 12.9. The number of aliphatic hydroxyl groups excluding tert-OH is 2. The molecule has 0 aromatic carbocycles. The molecule has 0 rings (SSSR count). The molecule has 0 radical (unpaired) electrons. The minimum absolute atomic E-state index is 0.249. The van der Waals surface area contributed by atoms with Gasteiger partial charge in [-0.3, -0.25) is 0 Å². The molecular formula is C10H22O2S5. The van der Waals surface area contributed by atoms with E-state index in [1.54, 1.807) is 23.5 Å².